The van der Waals surface area contributed by atoms with E-state index in [1.165, 1.54) is 0 Å². The zero-order chi connectivity index (χ0) is 16.5. The molecule has 1 aromatic carbocycles. The second-order valence-electron chi connectivity index (χ2n) is 4.72. The van der Waals surface area contributed by atoms with Gasteiger partial charge in [-0.15, -0.1) is 0 Å². The van der Waals surface area contributed by atoms with Crippen LogP contribution in [0.4, 0.5) is 13.2 Å². The van der Waals surface area contributed by atoms with E-state index in [1.807, 2.05) is 0 Å². The minimum Gasteiger partial charge on any atom is -0.357 e. The van der Waals surface area contributed by atoms with E-state index in [9.17, 15) is 18.0 Å². The van der Waals surface area contributed by atoms with Gasteiger partial charge < -0.3 is 4.98 Å². The van der Waals surface area contributed by atoms with Crippen molar-refractivity contribution < 1.29 is 13.2 Å². The van der Waals surface area contributed by atoms with E-state index in [-0.39, 0.29) is 17.0 Å². The second kappa shape index (κ2) is 5.97. The lowest BCUT2D eigenvalue weighted by atomic mass is 10.0. The molecule has 22 heavy (non-hydrogen) atoms. The summed E-state index contributed by atoms with van der Waals surface area (Å²) in [5, 5.41) is 9.10. The molecule has 0 saturated carbocycles. The van der Waals surface area contributed by atoms with Gasteiger partial charge in [0.1, 0.15) is 11.6 Å². The number of rotatable bonds is 2. The quantitative estimate of drug-likeness (QED) is 0.854. The molecule has 2 rings (SSSR count). The van der Waals surface area contributed by atoms with Crippen molar-refractivity contribution in [3.8, 4) is 17.3 Å². The monoisotopic (exact) mass is 370 g/mol. The first-order valence-electron chi connectivity index (χ1n) is 6.24. The summed E-state index contributed by atoms with van der Waals surface area (Å²) in [6.45, 7) is 0.961. The molecule has 0 spiro atoms. The molecule has 0 aliphatic rings. The first-order valence-corrected chi connectivity index (χ1v) is 7.03. The predicted molar refractivity (Wildman–Crippen MR) is 79.4 cm³/mol. The average molecular weight is 371 g/mol. The van der Waals surface area contributed by atoms with E-state index < -0.39 is 17.5 Å². The highest BCUT2D eigenvalue weighted by Gasteiger charge is 2.38. The Kier molecular flexibility index (Phi) is 4.42. The standard InChI is InChI=1S/C15H10BrF3N2O/c1-8(15(17,18)19)12-6-13(22)11(7-20)14(21-12)9-2-4-10(16)5-3-9/h2-6,8H,1H3,(H,21,22). The number of benzene rings is 1. The van der Waals surface area contributed by atoms with E-state index in [0.717, 1.165) is 17.5 Å². The van der Waals surface area contributed by atoms with E-state index >= 15 is 0 Å². The van der Waals surface area contributed by atoms with Crippen molar-refractivity contribution in [2.24, 2.45) is 0 Å². The molecule has 1 aromatic heterocycles. The molecule has 0 aliphatic heterocycles. The topological polar surface area (TPSA) is 56.6 Å². The molecule has 0 fully saturated rings. The maximum atomic E-state index is 12.8. The fourth-order valence-electron chi connectivity index (χ4n) is 1.93. The Morgan fingerprint density at radius 3 is 2.36 bits per heavy atom. The van der Waals surface area contributed by atoms with Gasteiger partial charge in [-0.2, -0.15) is 18.4 Å². The van der Waals surface area contributed by atoms with Gasteiger partial charge in [-0.05, 0) is 24.6 Å². The summed E-state index contributed by atoms with van der Waals surface area (Å²) < 4.78 is 39.3. The maximum absolute atomic E-state index is 12.8. The number of aromatic amines is 1. The smallest absolute Gasteiger partial charge is 0.357 e. The minimum atomic E-state index is -4.48. The Labute approximate surface area is 132 Å². The highest BCUT2D eigenvalue weighted by atomic mass is 79.9. The number of hydrogen-bond acceptors (Lipinski definition) is 2. The number of nitrogens with one attached hydrogen (secondary N) is 1. The second-order valence-corrected chi connectivity index (χ2v) is 5.64. The Bertz CT molecular complexity index is 788. The van der Waals surface area contributed by atoms with Gasteiger partial charge in [0.2, 0.25) is 0 Å². The summed E-state index contributed by atoms with van der Waals surface area (Å²) in [6.07, 6.45) is -4.48. The first kappa shape index (κ1) is 16.3. The fourth-order valence-corrected chi connectivity index (χ4v) is 2.20. The highest BCUT2D eigenvalue weighted by Crippen LogP contribution is 2.34. The van der Waals surface area contributed by atoms with Crippen molar-refractivity contribution in [3.63, 3.8) is 0 Å². The van der Waals surface area contributed by atoms with Crippen molar-refractivity contribution in [2.45, 2.75) is 19.0 Å². The van der Waals surface area contributed by atoms with Crippen LogP contribution in [-0.2, 0) is 0 Å². The van der Waals surface area contributed by atoms with Crippen LogP contribution in [0, 0.1) is 11.3 Å². The third-order valence-corrected chi connectivity index (χ3v) is 3.78. The summed E-state index contributed by atoms with van der Waals surface area (Å²) in [4.78, 5) is 14.5. The number of hydrogen-bond donors (Lipinski definition) is 1. The molecule has 1 N–H and O–H groups in total. The molecule has 3 nitrogen and oxygen atoms in total. The molecule has 0 amide bonds. The van der Waals surface area contributed by atoms with Crippen molar-refractivity contribution >= 4 is 15.9 Å². The van der Waals surface area contributed by atoms with Crippen LogP contribution in [0.5, 0.6) is 0 Å². The van der Waals surface area contributed by atoms with Crippen LogP contribution in [-0.4, -0.2) is 11.2 Å². The Hall–Kier alpha value is -2.07. The first-order chi connectivity index (χ1) is 10.2. The molecule has 1 heterocycles. The van der Waals surface area contributed by atoms with Gasteiger partial charge in [0, 0.05) is 16.2 Å². The van der Waals surface area contributed by atoms with E-state index in [0.29, 0.717) is 5.56 Å². The Morgan fingerprint density at radius 1 is 1.27 bits per heavy atom. The number of aromatic nitrogens is 1. The van der Waals surface area contributed by atoms with Gasteiger partial charge in [-0.3, -0.25) is 4.79 Å². The van der Waals surface area contributed by atoms with Crippen molar-refractivity contribution in [2.75, 3.05) is 0 Å². The molecular weight excluding hydrogens is 361 g/mol. The third kappa shape index (κ3) is 3.22. The number of alkyl halides is 3. The van der Waals surface area contributed by atoms with Crippen LogP contribution < -0.4 is 5.43 Å². The van der Waals surface area contributed by atoms with Crippen LogP contribution in [0.1, 0.15) is 24.1 Å². The van der Waals surface area contributed by atoms with Crippen LogP contribution >= 0.6 is 15.9 Å². The predicted octanol–water partition coefficient (Wildman–Crippen LogP) is 4.34. The number of pyridine rings is 1. The average Bonchev–Trinajstić information content (AvgIpc) is 2.45. The van der Waals surface area contributed by atoms with E-state index in [4.69, 9.17) is 5.26 Å². The molecule has 1 atom stereocenters. The van der Waals surface area contributed by atoms with Crippen molar-refractivity contribution in [1.82, 2.24) is 4.98 Å². The number of H-pyrrole nitrogens is 1. The molecular formula is C15H10BrF3N2O. The minimum absolute atomic E-state index is 0.0913. The lowest BCUT2D eigenvalue weighted by Crippen LogP contribution is -2.22. The number of nitriles is 1. The van der Waals surface area contributed by atoms with Crippen molar-refractivity contribution in [3.05, 3.63) is 56.3 Å². The summed E-state index contributed by atoms with van der Waals surface area (Å²) in [5.74, 6) is -1.83. The van der Waals surface area contributed by atoms with Crippen LogP contribution in [0.3, 0.4) is 0 Å². The summed E-state index contributed by atoms with van der Waals surface area (Å²) in [6, 6.07) is 9.15. The van der Waals surface area contributed by atoms with E-state index in [2.05, 4.69) is 20.9 Å². The number of nitrogens with zero attached hydrogens (tertiary/aromatic N) is 1. The highest BCUT2D eigenvalue weighted by molar-refractivity contribution is 9.10. The Balaban J connectivity index is 2.67. The molecule has 1 unspecified atom stereocenters. The van der Waals surface area contributed by atoms with Gasteiger partial charge in [0.15, 0.2) is 5.43 Å². The normalized spacial score (nSPS) is 12.7. The van der Waals surface area contributed by atoms with Crippen LogP contribution in [0.15, 0.2) is 39.6 Å². The van der Waals surface area contributed by atoms with Gasteiger partial charge in [0.05, 0.1) is 11.6 Å². The lowest BCUT2D eigenvalue weighted by Gasteiger charge is -2.17. The number of halogens is 4. The SMILES string of the molecule is CC(c1cc(=O)c(C#N)c(-c2ccc(Br)cc2)[nH]1)C(F)(F)F. The fraction of sp³-hybridized carbons (Fsp3) is 0.200. The van der Waals surface area contributed by atoms with E-state index in [1.54, 1.807) is 30.3 Å². The maximum Gasteiger partial charge on any atom is 0.396 e. The molecule has 2 aromatic rings. The molecule has 0 saturated heterocycles. The summed E-state index contributed by atoms with van der Waals surface area (Å²) in [7, 11) is 0. The van der Waals surface area contributed by atoms with Gasteiger partial charge in [0.25, 0.3) is 0 Å². The summed E-state index contributed by atoms with van der Waals surface area (Å²) >= 11 is 3.25. The van der Waals surface area contributed by atoms with Crippen LogP contribution in [0.25, 0.3) is 11.3 Å². The molecule has 0 aliphatic carbocycles. The molecule has 0 radical (unpaired) electrons. The Morgan fingerprint density at radius 2 is 1.86 bits per heavy atom. The molecule has 114 valence electrons. The van der Waals surface area contributed by atoms with Crippen LogP contribution in [0.2, 0.25) is 0 Å². The molecule has 0 bridgehead atoms. The van der Waals surface area contributed by atoms with Gasteiger partial charge in [-0.1, -0.05) is 28.1 Å². The van der Waals surface area contributed by atoms with Crippen molar-refractivity contribution in [1.29, 1.82) is 5.26 Å². The summed E-state index contributed by atoms with van der Waals surface area (Å²) in [5.41, 5.74) is -0.651. The zero-order valence-corrected chi connectivity index (χ0v) is 12.9. The third-order valence-electron chi connectivity index (χ3n) is 3.25. The zero-order valence-electron chi connectivity index (χ0n) is 11.3. The largest absolute Gasteiger partial charge is 0.396 e. The van der Waals surface area contributed by atoms with Gasteiger partial charge >= 0.3 is 6.18 Å². The van der Waals surface area contributed by atoms with Gasteiger partial charge in [-0.25, -0.2) is 0 Å². The lowest BCUT2D eigenvalue weighted by molar-refractivity contribution is -0.147. The molecule has 7 heteroatoms.